The summed E-state index contributed by atoms with van der Waals surface area (Å²) in [7, 11) is 1.55. The Kier molecular flexibility index (Phi) is 8.37. The molecule has 1 N–H and O–H groups in total. The molecule has 1 aliphatic rings. The van der Waals surface area contributed by atoms with Gasteiger partial charge in [0.15, 0.2) is 0 Å². The second-order valence-electron chi connectivity index (χ2n) is 7.13. The Morgan fingerprint density at radius 3 is 2.47 bits per heavy atom. The Hall–Kier alpha value is -3.21. The molecule has 2 aromatic rings. The first-order chi connectivity index (χ1) is 15.6. The number of carbonyl (C=O) groups excluding carboxylic acids is 1. The van der Waals surface area contributed by atoms with Gasteiger partial charge in [-0.2, -0.15) is 5.26 Å². The minimum atomic E-state index is -0.526. The van der Waals surface area contributed by atoms with E-state index in [1.165, 1.54) is 11.8 Å². The number of benzene rings is 2. The van der Waals surface area contributed by atoms with Crippen LogP contribution < -0.4 is 10.1 Å². The van der Waals surface area contributed by atoms with E-state index in [9.17, 15) is 10.1 Å². The number of nitrogens with one attached hydrogen (secondary N) is 1. The van der Waals surface area contributed by atoms with Crippen molar-refractivity contribution in [3.8, 4) is 11.8 Å². The monoisotopic (exact) mass is 450 g/mol. The van der Waals surface area contributed by atoms with Gasteiger partial charge >= 0.3 is 5.97 Å². The van der Waals surface area contributed by atoms with Crippen molar-refractivity contribution in [2.24, 2.45) is 0 Å². The van der Waals surface area contributed by atoms with Crippen LogP contribution in [0.25, 0.3) is 0 Å². The average Bonchev–Trinajstić information content (AvgIpc) is 2.83. The molecule has 0 aliphatic carbocycles. The number of esters is 1. The second-order valence-corrected chi connectivity index (χ2v) is 7.94. The topological polar surface area (TPSA) is 80.6 Å². The van der Waals surface area contributed by atoms with Gasteiger partial charge in [-0.3, -0.25) is 0 Å². The highest BCUT2D eigenvalue weighted by Gasteiger charge is 2.35. The van der Waals surface area contributed by atoms with Crippen molar-refractivity contribution in [3.05, 3.63) is 87.6 Å². The molecule has 0 saturated carbocycles. The maximum Gasteiger partial charge on any atom is 0.336 e. The van der Waals surface area contributed by atoms with Crippen molar-refractivity contribution in [2.75, 3.05) is 26.6 Å². The first-order valence-electron chi connectivity index (χ1n) is 10.2. The van der Waals surface area contributed by atoms with Crippen LogP contribution in [0.4, 0.5) is 0 Å². The third-order valence-corrected chi connectivity index (χ3v) is 5.78. The molecule has 0 radical (unpaired) electrons. The van der Waals surface area contributed by atoms with Crippen LogP contribution in [0.3, 0.4) is 0 Å². The fourth-order valence-electron chi connectivity index (χ4n) is 3.47. The largest absolute Gasteiger partial charge is 0.489 e. The molecule has 1 atom stereocenters. The normalized spacial score (nSPS) is 15.8. The van der Waals surface area contributed by atoms with E-state index >= 15 is 0 Å². The number of thioether (sulfide) groups is 1. The third kappa shape index (κ3) is 5.52. The summed E-state index contributed by atoms with van der Waals surface area (Å²) in [6.45, 7) is 2.73. The quantitative estimate of drug-likeness (QED) is 0.445. The van der Waals surface area contributed by atoms with Crippen LogP contribution in [0.15, 0.2) is 76.5 Å². The van der Waals surface area contributed by atoms with E-state index in [1.54, 1.807) is 7.11 Å². The number of rotatable bonds is 9. The second kappa shape index (κ2) is 11.4. The van der Waals surface area contributed by atoms with Crippen molar-refractivity contribution in [2.45, 2.75) is 19.4 Å². The Bertz CT molecular complexity index is 1040. The maximum absolute atomic E-state index is 12.9. The van der Waals surface area contributed by atoms with E-state index in [0.29, 0.717) is 35.8 Å². The van der Waals surface area contributed by atoms with Crippen LogP contribution in [-0.4, -0.2) is 32.5 Å². The fraction of sp³-hybridized carbons (Fsp3) is 0.280. The van der Waals surface area contributed by atoms with Crippen molar-refractivity contribution < 1.29 is 19.0 Å². The standard InChI is InChI=1S/C25H26N2O4S/c1-17-22(25(28)30-14-13-29-2)23(21(15-26)24(27-17)32-3)19-9-11-20(12-10-19)31-16-18-7-5-4-6-8-18/h4-12,23,27H,13-14,16H2,1-3H3. The summed E-state index contributed by atoms with van der Waals surface area (Å²) < 4.78 is 16.2. The van der Waals surface area contributed by atoms with Crippen LogP contribution in [0.1, 0.15) is 24.0 Å². The van der Waals surface area contributed by atoms with Crippen LogP contribution in [0, 0.1) is 11.3 Å². The van der Waals surface area contributed by atoms with Crippen molar-refractivity contribution >= 4 is 17.7 Å². The zero-order valence-electron chi connectivity index (χ0n) is 18.4. The molecule has 0 bridgehead atoms. The first kappa shape index (κ1) is 23.5. The van der Waals surface area contributed by atoms with Crippen molar-refractivity contribution in [3.63, 3.8) is 0 Å². The summed E-state index contributed by atoms with van der Waals surface area (Å²) in [6.07, 6.45) is 1.90. The molecule has 1 heterocycles. The highest BCUT2D eigenvalue weighted by Crippen LogP contribution is 2.40. The van der Waals surface area contributed by atoms with Crippen LogP contribution in [0.2, 0.25) is 0 Å². The van der Waals surface area contributed by atoms with Gasteiger partial charge in [-0.15, -0.1) is 11.8 Å². The Balaban J connectivity index is 1.87. The van der Waals surface area contributed by atoms with Gasteiger partial charge in [0.05, 0.1) is 34.8 Å². The predicted molar refractivity (Wildman–Crippen MR) is 125 cm³/mol. The number of carbonyl (C=O) groups is 1. The van der Waals surface area contributed by atoms with E-state index in [0.717, 1.165) is 16.2 Å². The summed E-state index contributed by atoms with van der Waals surface area (Å²) in [5, 5.41) is 13.8. The average molecular weight is 451 g/mol. The molecule has 0 amide bonds. The molecule has 0 saturated heterocycles. The van der Waals surface area contributed by atoms with Gasteiger partial charge in [-0.25, -0.2) is 4.79 Å². The fourth-order valence-corrected chi connectivity index (χ4v) is 4.11. The lowest BCUT2D eigenvalue weighted by Crippen LogP contribution is -2.29. The smallest absolute Gasteiger partial charge is 0.336 e. The molecule has 0 fully saturated rings. The zero-order chi connectivity index (χ0) is 22.9. The molecule has 32 heavy (non-hydrogen) atoms. The van der Waals surface area contributed by atoms with Gasteiger partial charge < -0.3 is 19.5 Å². The van der Waals surface area contributed by atoms with E-state index < -0.39 is 11.9 Å². The third-order valence-electron chi connectivity index (χ3n) is 5.05. The van der Waals surface area contributed by atoms with Gasteiger partial charge in [0, 0.05) is 12.8 Å². The van der Waals surface area contributed by atoms with E-state index in [-0.39, 0.29) is 6.61 Å². The van der Waals surface area contributed by atoms with Gasteiger partial charge in [0.1, 0.15) is 19.0 Å². The Morgan fingerprint density at radius 1 is 1.12 bits per heavy atom. The van der Waals surface area contributed by atoms with Crippen molar-refractivity contribution in [1.82, 2.24) is 5.32 Å². The Morgan fingerprint density at radius 2 is 1.84 bits per heavy atom. The molecule has 7 heteroatoms. The molecule has 1 unspecified atom stereocenters. The highest BCUT2D eigenvalue weighted by molar-refractivity contribution is 8.02. The predicted octanol–water partition coefficient (Wildman–Crippen LogP) is 4.51. The maximum atomic E-state index is 12.9. The lowest BCUT2D eigenvalue weighted by Gasteiger charge is -2.29. The zero-order valence-corrected chi connectivity index (χ0v) is 19.2. The molecule has 0 aromatic heterocycles. The van der Waals surface area contributed by atoms with Gasteiger partial charge in [0.25, 0.3) is 0 Å². The summed E-state index contributed by atoms with van der Waals surface area (Å²) in [4.78, 5) is 12.9. The number of dihydropyridines is 1. The van der Waals surface area contributed by atoms with Crippen LogP contribution in [0.5, 0.6) is 5.75 Å². The van der Waals surface area contributed by atoms with Gasteiger partial charge in [-0.05, 0) is 36.4 Å². The molecular weight excluding hydrogens is 424 g/mol. The molecule has 3 rings (SSSR count). The Labute approximate surface area is 192 Å². The number of hydrogen-bond donors (Lipinski definition) is 1. The lowest BCUT2D eigenvalue weighted by atomic mass is 9.82. The summed E-state index contributed by atoms with van der Waals surface area (Å²) in [5.74, 6) is -0.277. The lowest BCUT2D eigenvalue weighted by molar-refractivity contribution is -0.140. The van der Waals surface area contributed by atoms with E-state index in [2.05, 4.69) is 11.4 Å². The molecule has 1 aliphatic heterocycles. The molecular formula is C25H26N2O4S. The summed E-state index contributed by atoms with van der Waals surface area (Å²) in [6, 6.07) is 19.7. The number of nitriles is 1. The van der Waals surface area contributed by atoms with Crippen molar-refractivity contribution in [1.29, 1.82) is 5.26 Å². The molecule has 2 aromatic carbocycles. The number of nitrogens with zero attached hydrogens (tertiary/aromatic N) is 1. The van der Waals surface area contributed by atoms with Crippen LogP contribution in [-0.2, 0) is 20.9 Å². The van der Waals surface area contributed by atoms with Gasteiger partial charge in [-0.1, -0.05) is 42.5 Å². The van der Waals surface area contributed by atoms with E-state index in [4.69, 9.17) is 14.2 Å². The molecule has 6 nitrogen and oxygen atoms in total. The highest BCUT2D eigenvalue weighted by atomic mass is 32.2. The minimum Gasteiger partial charge on any atom is -0.489 e. The summed E-state index contributed by atoms with van der Waals surface area (Å²) >= 11 is 1.44. The number of hydrogen-bond acceptors (Lipinski definition) is 7. The van der Waals surface area contributed by atoms with E-state index in [1.807, 2.05) is 67.8 Å². The number of methoxy groups -OCH3 is 1. The molecule has 0 spiro atoms. The summed E-state index contributed by atoms with van der Waals surface area (Å²) in [5.41, 5.74) is 3.48. The number of allylic oxidation sites excluding steroid dienone is 2. The minimum absolute atomic E-state index is 0.145. The SMILES string of the molecule is COCCOC(=O)C1=C(C)NC(SC)=C(C#N)C1c1ccc(OCc2ccccc2)cc1. The van der Waals surface area contributed by atoms with Crippen LogP contribution >= 0.6 is 11.8 Å². The first-order valence-corrected chi connectivity index (χ1v) is 11.4. The number of ether oxygens (including phenoxy) is 3. The van der Waals surface area contributed by atoms with Gasteiger partial charge in [0.2, 0.25) is 0 Å². The molecule has 166 valence electrons.